The van der Waals surface area contributed by atoms with Crippen molar-refractivity contribution in [3.05, 3.63) is 22.6 Å². The van der Waals surface area contributed by atoms with E-state index in [1.54, 1.807) is 4.90 Å². The van der Waals surface area contributed by atoms with Crippen LogP contribution in [0, 0.1) is 5.82 Å². The minimum Gasteiger partial charge on any atom is -0.444 e. The number of hydrogen-bond donors (Lipinski definition) is 1. The Kier molecular flexibility index (Phi) is 5.46. The van der Waals surface area contributed by atoms with Crippen LogP contribution in [0.1, 0.15) is 20.8 Å². The van der Waals surface area contributed by atoms with E-state index >= 15 is 0 Å². The number of hydrogen-bond acceptors (Lipinski definition) is 5. The number of nitrogens with zero attached hydrogens (tertiary/aromatic N) is 3. The number of carbonyl (C=O) groups excluding carboxylic acids is 1. The van der Waals surface area contributed by atoms with Crippen molar-refractivity contribution in [1.82, 2.24) is 9.88 Å². The minimum absolute atomic E-state index is 0.148. The molecule has 1 aliphatic rings. The van der Waals surface area contributed by atoms with E-state index in [1.807, 2.05) is 25.7 Å². The van der Waals surface area contributed by atoms with Gasteiger partial charge in [0, 0.05) is 19.6 Å². The molecule has 0 radical (unpaired) electrons. The number of rotatable bonds is 2. The zero-order valence-electron chi connectivity index (χ0n) is 13.4. The van der Waals surface area contributed by atoms with Crippen LogP contribution in [0.25, 0.3) is 0 Å². The zero-order valence-corrected chi connectivity index (χ0v) is 15.0. The molecule has 6 nitrogen and oxygen atoms in total. The van der Waals surface area contributed by atoms with Crippen LogP contribution in [-0.4, -0.2) is 59.0 Å². The molecule has 1 amide bonds. The summed E-state index contributed by atoms with van der Waals surface area (Å²) < 4.78 is 19.1. The molecule has 1 saturated heterocycles. The largest absolute Gasteiger partial charge is 0.444 e. The smallest absolute Gasteiger partial charge is 0.410 e. The van der Waals surface area contributed by atoms with E-state index in [9.17, 15) is 14.3 Å². The van der Waals surface area contributed by atoms with Gasteiger partial charge in [0.15, 0.2) is 0 Å². The summed E-state index contributed by atoms with van der Waals surface area (Å²) >= 11 is 3.29. The van der Waals surface area contributed by atoms with Crippen molar-refractivity contribution in [2.45, 2.75) is 32.4 Å². The highest BCUT2D eigenvalue weighted by atomic mass is 79.9. The third kappa shape index (κ3) is 4.54. The summed E-state index contributed by atoms with van der Waals surface area (Å²) in [5.74, 6) is 0.114. The molecule has 1 aromatic heterocycles. The van der Waals surface area contributed by atoms with Gasteiger partial charge in [0.25, 0.3) is 0 Å². The van der Waals surface area contributed by atoms with Gasteiger partial charge in [0.2, 0.25) is 0 Å². The lowest BCUT2D eigenvalue weighted by molar-refractivity contribution is 0.0197. The highest BCUT2D eigenvalue weighted by Crippen LogP contribution is 2.28. The number of aromatic nitrogens is 1. The summed E-state index contributed by atoms with van der Waals surface area (Å²) in [5.41, 5.74) is -0.565. The summed E-state index contributed by atoms with van der Waals surface area (Å²) in [6.45, 7) is 6.51. The van der Waals surface area contributed by atoms with Gasteiger partial charge in [-0.15, -0.1) is 0 Å². The number of aliphatic hydroxyl groups excluding tert-OH is 1. The Balaban J connectivity index is 2.11. The van der Waals surface area contributed by atoms with Crippen molar-refractivity contribution in [3.8, 4) is 0 Å². The summed E-state index contributed by atoms with van der Waals surface area (Å²) in [7, 11) is 0. The molecule has 0 bridgehead atoms. The molecule has 128 valence electrons. The van der Waals surface area contributed by atoms with Crippen molar-refractivity contribution in [3.63, 3.8) is 0 Å². The van der Waals surface area contributed by atoms with Crippen LogP contribution in [0.15, 0.2) is 16.7 Å². The predicted molar refractivity (Wildman–Crippen MR) is 87.9 cm³/mol. The average Bonchev–Trinajstić information content (AvgIpc) is 2.45. The maximum Gasteiger partial charge on any atom is 0.410 e. The number of halogens is 2. The maximum atomic E-state index is 13.2. The number of piperazine rings is 1. The fourth-order valence-corrected chi connectivity index (χ4v) is 2.95. The Bertz CT molecular complexity index is 580. The third-order valence-electron chi connectivity index (χ3n) is 3.41. The van der Waals surface area contributed by atoms with Crippen molar-refractivity contribution >= 4 is 27.8 Å². The first kappa shape index (κ1) is 17.9. The van der Waals surface area contributed by atoms with Gasteiger partial charge in [0.1, 0.15) is 17.2 Å². The lowest BCUT2D eigenvalue weighted by Crippen LogP contribution is -2.57. The van der Waals surface area contributed by atoms with Crippen LogP contribution < -0.4 is 4.90 Å². The van der Waals surface area contributed by atoms with E-state index in [-0.39, 0.29) is 12.6 Å². The van der Waals surface area contributed by atoms with E-state index in [4.69, 9.17) is 4.74 Å². The molecule has 1 atom stereocenters. The molecule has 8 heteroatoms. The molecule has 1 fully saturated rings. The van der Waals surface area contributed by atoms with Gasteiger partial charge in [0.05, 0.1) is 23.3 Å². The Morgan fingerprint density at radius 3 is 2.78 bits per heavy atom. The molecule has 0 aliphatic carbocycles. The fourth-order valence-electron chi connectivity index (χ4n) is 2.40. The third-order valence-corrected chi connectivity index (χ3v) is 3.99. The zero-order chi connectivity index (χ0) is 17.2. The van der Waals surface area contributed by atoms with Gasteiger partial charge in [-0.25, -0.2) is 14.2 Å². The van der Waals surface area contributed by atoms with E-state index in [0.29, 0.717) is 29.9 Å². The molecule has 0 spiro atoms. The Morgan fingerprint density at radius 1 is 1.52 bits per heavy atom. The maximum absolute atomic E-state index is 13.2. The lowest BCUT2D eigenvalue weighted by Gasteiger charge is -2.41. The molecule has 23 heavy (non-hydrogen) atoms. The van der Waals surface area contributed by atoms with Crippen molar-refractivity contribution in [2.75, 3.05) is 31.1 Å². The SMILES string of the molecule is CC(C)(C)OC(=O)N1CCN(c2ncc(F)cc2Br)C(CO)C1. The number of anilines is 1. The number of ether oxygens (including phenoxy) is 1. The van der Waals surface area contributed by atoms with Crippen LogP contribution in [0.5, 0.6) is 0 Å². The van der Waals surface area contributed by atoms with Gasteiger partial charge in [-0.1, -0.05) is 0 Å². The molecular weight excluding hydrogens is 369 g/mol. The molecule has 2 rings (SSSR count). The normalized spacial score (nSPS) is 19.0. The molecule has 1 aliphatic heterocycles. The summed E-state index contributed by atoms with van der Waals surface area (Å²) in [5, 5.41) is 9.66. The quantitative estimate of drug-likeness (QED) is 0.840. The number of amides is 1. The highest BCUT2D eigenvalue weighted by molar-refractivity contribution is 9.10. The molecule has 0 saturated carbocycles. The fraction of sp³-hybridized carbons (Fsp3) is 0.600. The molecule has 1 aromatic rings. The molecule has 0 aromatic carbocycles. The standard InChI is InChI=1S/C15H21BrFN3O3/c1-15(2,3)23-14(22)19-4-5-20(11(8-19)9-21)13-12(16)6-10(17)7-18-13/h6-7,11,21H,4-5,8-9H2,1-3H3. The molecular formula is C15H21BrFN3O3. The Labute approximate surface area is 143 Å². The van der Waals surface area contributed by atoms with Crippen LogP contribution in [0.4, 0.5) is 15.0 Å². The second-order valence-electron chi connectivity index (χ2n) is 6.42. The van der Waals surface area contributed by atoms with Crippen LogP contribution in [0.2, 0.25) is 0 Å². The second kappa shape index (κ2) is 7.00. The first-order valence-electron chi connectivity index (χ1n) is 7.37. The minimum atomic E-state index is -0.565. The van der Waals surface area contributed by atoms with Crippen molar-refractivity contribution in [2.24, 2.45) is 0 Å². The Morgan fingerprint density at radius 2 is 2.22 bits per heavy atom. The van der Waals surface area contributed by atoms with E-state index < -0.39 is 17.5 Å². The number of aliphatic hydroxyl groups is 1. The summed E-state index contributed by atoms with van der Waals surface area (Å²) in [6, 6.07) is 1.00. The lowest BCUT2D eigenvalue weighted by atomic mass is 10.1. The van der Waals surface area contributed by atoms with Gasteiger partial charge in [-0.05, 0) is 42.8 Å². The topological polar surface area (TPSA) is 65.9 Å². The van der Waals surface area contributed by atoms with Crippen LogP contribution in [0.3, 0.4) is 0 Å². The second-order valence-corrected chi connectivity index (χ2v) is 7.27. The summed E-state index contributed by atoms with van der Waals surface area (Å²) in [6.07, 6.45) is 0.733. The first-order valence-corrected chi connectivity index (χ1v) is 8.17. The van der Waals surface area contributed by atoms with Gasteiger partial charge < -0.3 is 19.6 Å². The number of carbonyl (C=O) groups is 1. The van der Waals surface area contributed by atoms with E-state index in [2.05, 4.69) is 20.9 Å². The molecule has 2 heterocycles. The predicted octanol–water partition coefficient (Wildman–Crippen LogP) is 2.40. The van der Waals surface area contributed by atoms with Gasteiger partial charge in [-0.3, -0.25) is 0 Å². The number of pyridine rings is 1. The van der Waals surface area contributed by atoms with Gasteiger partial charge in [-0.2, -0.15) is 0 Å². The van der Waals surface area contributed by atoms with Gasteiger partial charge >= 0.3 is 6.09 Å². The first-order chi connectivity index (χ1) is 10.7. The summed E-state index contributed by atoms with van der Waals surface area (Å²) in [4.78, 5) is 19.7. The Hall–Kier alpha value is -1.41. The highest BCUT2D eigenvalue weighted by Gasteiger charge is 2.33. The molecule has 1 N–H and O–H groups in total. The monoisotopic (exact) mass is 389 g/mol. The van der Waals surface area contributed by atoms with Crippen LogP contribution >= 0.6 is 15.9 Å². The van der Waals surface area contributed by atoms with E-state index in [1.165, 1.54) is 6.07 Å². The van der Waals surface area contributed by atoms with Crippen molar-refractivity contribution in [1.29, 1.82) is 0 Å². The van der Waals surface area contributed by atoms with Crippen molar-refractivity contribution < 1.29 is 19.0 Å². The van der Waals surface area contributed by atoms with Crippen LogP contribution in [-0.2, 0) is 4.74 Å². The van der Waals surface area contributed by atoms with E-state index in [0.717, 1.165) is 6.20 Å². The average molecular weight is 390 g/mol. The molecule has 1 unspecified atom stereocenters.